The largest absolute Gasteiger partial charge is 0.594 e. The zero-order chi connectivity index (χ0) is 20.3. The Balaban J connectivity index is 1.74. The number of nitrogens with one attached hydrogen (secondary N) is 1. The minimum atomic E-state index is -3.93. The van der Waals surface area contributed by atoms with Crippen molar-refractivity contribution in [2.45, 2.75) is 4.90 Å². The van der Waals surface area contributed by atoms with E-state index in [0.29, 0.717) is 15.9 Å². The monoisotopic (exact) mass is 403 g/mol. The molecule has 144 valence electrons. The molecule has 0 saturated heterocycles. The first-order chi connectivity index (χ1) is 14.0. The van der Waals surface area contributed by atoms with Crippen LogP contribution < -0.4 is 4.72 Å². The van der Waals surface area contributed by atoms with Gasteiger partial charge in [0.25, 0.3) is 15.7 Å². The fraction of sp³-hybridized carbons (Fsp3) is 0. The molecule has 0 aliphatic carbocycles. The Labute approximate surface area is 168 Å². The molecule has 29 heavy (non-hydrogen) atoms. The highest BCUT2D eigenvalue weighted by molar-refractivity contribution is 7.93. The van der Waals surface area contributed by atoms with Gasteiger partial charge in [0.1, 0.15) is 11.4 Å². The third-order valence-corrected chi connectivity index (χ3v) is 5.78. The average Bonchev–Trinajstić information content (AvgIpc) is 2.74. The third-order valence-electron chi connectivity index (χ3n) is 4.36. The number of sulfonamides is 1. The second-order valence-electron chi connectivity index (χ2n) is 6.31. The maximum Gasteiger partial charge on any atom is 0.268 e. The van der Waals surface area contributed by atoms with Gasteiger partial charge in [0.2, 0.25) is 0 Å². The van der Waals surface area contributed by atoms with Crippen LogP contribution in [0.5, 0.6) is 0 Å². The van der Waals surface area contributed by atoms with Crippen molar-refractivity contribution in [2.75, 3.05) is 4.72 Å². The number of azo groups is 1. The van der Waals surface area contributed by atoms with E-state index in [4.69, 9.17) is 0 Å². The van der Waals surface area contributed by atoms with Crippen molar-refractivity contribution >= 4 is 37.9 Å². The first kappa shape index (κ1) is 18.6. The summed E-state index contributed by atoms with van der Waals surface area (Å²) in [6, 6.07) is 27.4. The number of nitrogens with zero attached hydrogens (tertiary/aromatic N) is 2. The van der Waals surface area contributed by atoms with Crippen LogP contribution in [0.4, 0.5) is 17.1 Å². The molecule has 0 radical (unpaired) electrons. The molecule has 7 heteroatoms. The lowest BCUT2D eigenvalue weighted by atomic mass is 10.1. The number of rotatable bonds is 5. The topological polar surface area (TPSA) is 84.6 Å². The van der Waals surface area contributed by atoms with E-state index in [1.165, 1.54) is 18.2 Å². The van der Waals surface area contributed by atoms with Crippen LogP contribution in [0.3, 0.4) is 0 Å². The second-order valence-corrected chi connectivity index (χ2v) is 7.96. The van der Waals surface area contributed by atoms with Crippen LogP contribution in [0.1, 0.15) is 0 Å². The second kappa shape index (κ2) is 7.73. The lowest BCUT2D eigenvalue weighted by Crippen LogP contribution is -2.14. The van der Waals surface area contributed by atoms with Gasteiger partial charge in [-0.25, -0.2) is 8.42 Å². The summed E-state index contributed by atoms with van der Waals surface area (Å²) in [7, 11) is -3.93. The molecule has 4 rings (SSSR count). The average molecular weight is 403 g/mol. The molecule has 0 heterocycles. The zero-order valence-corrected chi connectivity index (χ0v) is 16.1. The van der Waals surface area contributed by atoms with Gasteiger partial charge in [-0.05, 0) is 34.5 Å². The minimum Gasteiger partial charge on any atom is -0.594 e. The van der Waals surface area contributed by atoms with Crippen molar-refractivity contribution in [3.63, 3.8) is 0 Å². The molecule has 4 aromatic carbocycles. The van der Waals surface area contributed by atoms with Gasteiger partial charge < -0.3 is 5.21 Å². The third kappa shape index (κ3) is 3.95. The molecule has 0 amide bonds. The molecular weight excluding hydrogens is 386 g/mol. The Hall–Kier alpha value is -3.71. The summed E-state index contributed by atoms with van der Waals surface area (Å²) in [5.74, 6) is 0. The molecule has 1 N–H and O–H groups in total. The van der Waals surface area contributed by atoms with E-state index in [2.05, 4.69) is 9.84 Å². The van der Waals surface area contributed by atoms with E-state index < -0.39 is 10.0 Å². The van der Waals surface area contributed by atoms with Crippen LogP contribution in [-0.4, -0.2) is 13.3 Å². The Kier molecular flexibility index (Phi) is 4.97. The van der Waals surface area contributed by atoms with Crippen LogP contribution >= 0.6 is 0 Å². The first-order valence-corrected chi connectivity index (χ1v) is 10.4. The van der Waals surface area contributed by atoms with Crippen molar-refractivity contribution in [2.24, 2.45) is 5.11 Å². The highest BCUT2D eigenvalue weighted by atomic mass is 32.2. The number of hydrogen-bond donors (Lipinski definition) is 1. The first-order valence-electron chi connectivity index (χ1n) is 8.88. The summed E-state index contributed by atoms with van der Waals surface area (Å²) in [6.07, 6.45) is 0. The highest BCUT2D eigenvalue weighted by Gasteiger charge is 2.21. The summed E-state index contributed by atoms with van der Waals surface area (Å²) in [4.78, 5) is 0.555. The molecule has 0 aliphatic rings. The Bertz CT molecular complexity index is 1300. The fourth-order valence-electron chi connectivity index (χ4n) is 3.01. The van der Waals surface area contributed by atoms with Gasteiger partial charge in [-0.2, -0.15) is 0 Å². The molecule has 0 aromatic heterocycles. The number of anilines is 1. The molecule has 4 aromatic rings. The SMILES string of the molecule is O=S(=O)(Nc1ccccc1[N+]([O-])=Nc1ccccc1)c1cccc2ccccc12. The summed E-state index contributed by atoms with van der Waals surface area (Å²) in [5.41, 5.74) is 0.712. The minimum absolute atomic E-state index is 0.0974. The van der Waals surface area contributed by atoms with Crippen molar-refractivity contribution in [1.29, 1.82) is 0 Å². The smallest absolute Gasteiger partial charge is 0.268 e. The van der Waals surface area contributed by atoms with Crippen LogP contribution in [-0.2, 0) is 10.0 Å². The number of hydrogen-bond acceptors (Lipinski definition) is 4. The molecule has 0 saturated carbocycles. The van der Waals surface area contributed by atoms with Crippen LogP contribution in [0.2, 0.25) is 0 Å². The molecular formula is C22H17N3O3S. The van der Waals surface area contributed by atoms with Gasteiger partial charge >= 0.3 is 0 Å². The summed E-state index contributed by atoms with van der Waals surface area (Å²) >= 11 is 0. The molecule has 0 unspecified atom stereocenters. The predicted molar refractivity (Wildman–Crippen MR) is 113 cm³/mol. The van der Waals surface area contributed by atoms with Gasteiger partial charge in [-0.15, -0.1) is 0 Å². The van der Waals surface area contributed by atoms with E-state index in [-0.39, 0.29) is 16.3 Å². The molecule has 0 fully saturated rings. The van der Waals surface area contributed by atoms with Crippen molar-refractivity contribution in [3.8, 4) is 0 Å². The Morgan fingerprint density at radius 3 is 2.24 bits per heavy atom. The Morgan fingerprint density at radius 1 is 0.759 bits per heavy atom. The number of fused-ring (bicyclic) bond motifs is 1. The lowest BCUT2D eigenvalue weighted by Gasteiger charge is -2.12. The summed E-state index contributed by atoms with van der Waals surface area (Å²) in [5, 5.41) is 18.0. The lowest BCUT2D eigenvalue weighted by molar-refractivity contribution is -0.434. The normalized spacial score (nSPS) is 12.1. The molecule has 0 atom stereocenters. The van der Waals surface area contributed by atoms with Crippen molar-refractivity contribution in [3.05, 3.63) is 102 Å². The van der Waals surface area contributed by atoms with Crippen LogP contribution in [0.15, 0.2) is 107 Å². The molecule has 0 bridgehead atoms. The molecule has 6 nitrogen and oxygen atoms in total. The van der Waals surface area contributed by atoms with E-state index in [0.717, 1.165) is 5.39 Å². The van der Waals surface area contributed by atoms with Crippen LogP contribution in [0.25, 0.3) is 10.8 Å². The number of benzene rings is 4. The maximum absolute atomic E-state index is 13.1. The predicted octanol–water partition coefficient (Wildman–Crippen LogP) is 5.57. The summed E-state index contributed by atoms with van der Waals surface area (Å²) in [6.45, 7) is 0. The standard InChI is InChI=1S/C22H17N3O3S/c26-25(23-18-11-2-1-3-12-18)21-15-7-6-14-20(21)24-29(27,28)22-16-8-10-17-9-4-5-13-19(17)22/h1-16,24H. The Morgan fingerprint density at radius 2 is 1.41 bits per heavy atom. The van der Waals surface area contributed by atoms with Gasteiger partial charge in [0.15, 0.2) is 0 Å². The van der Waals surface area contributed by atoms with Gasteiger partial charge in [0, 0.05) is 16.6 Å². The van der Waals surface area contributed by atoms with Gasteiger partial charge in [0.05, 0.1) is 4.90 Å². The summed E-state index contributed by atoms with van der Waals surface area (Å²) < 4.78 is 28.7. The van der Waals surface area contributed by atoms with Gasteiger partial charge in [-0.3, -0.25) is 4.72 Å². The van der Waals surface area contributed by atoms with Gasteiger partial charge in [-0.1, -0.05) is 66.7 Å². The van der Waals surface area contributed by atoms with E-state index in [1.54, 1.807) is 54.6 Å². The quantitative estimate of drug-likeness (QED) is 0.269. The zero-order valence-electron chi connectivity index (χ0n) is 15.3. The van der Waals surface area contributed by atoms with E-state index >= 15 is 0 Å². The van der Waals surface area contributed by atoms with Crippen molar-refractivity contribution < 1.29 is 13.3 Å². The number of para-hydroxylation sites is 2. The van der Waals surface area contributed by atoms with E-state index in [1.807, 2.05) is 24.3 Å². The molecule has 0 spiro atoms. The van der Waals surface area contributed by atoms with Crippen LogP contribution in [0, 0.1) is 5.21 Å². The molecule has 0 aliphatic heterocycles. The highest BCUT2D eigenvalue weighted by Crippen LogP contribution is 2.30. The van der Waals surface area contributed by atoms with Crippen molar-refractivity contribution in [1.82, 2.24) is 0 Å². The maximum atomic E-state index is 13.1. The fourth-order valence-corrected chi connectivity index (χ4v) is 4.32. The van der Waals surface area contributed by atoms with E-state index in [9.17, 15) is 13.6 Å².